The number of ether oxygens (including phenoxy) is 2. The van der Waals surface area contributed by atoms with E-state index < -0.39 is 6.10 Å². The first-order chi connectivity index (χ1) is 16.6. The van der Waals surface area contributed by atoms with Crippen LogP contribution in [0.4, 0.5) is 0 Å². The van der Waals surface area contributed by atoms with Crippen molar-refractivity contribution in [3.05, 3.63) is 59.4 Å². The average molecular weight is 483 g/mol. The molecule has 3 heterocycles. The van der Waals surface area contributed by atoms with E-state index >= 15 is 0 Å². The molecule has 5 rings (SSSR count). The third-order valence-corrected chi connectivity index (χ3v) is 6.10. The van der Waals surface area contributed by atoms with Gasteiger partial charge in [0.15, 0.2) is 11.5 Å². The predicted octanol–water partition coefficient (Wildman–Crippen LogP) is 2.83. The molecule has 9 nitrogen and oxygen atoms in total. The van der Waals surface area contributed by atoms with Gasteiger partial charge in [0.25, 0.3) is 5.91 Å². The van der Waals surface area contributed by atoms with Crippen LogP contribution >= 0.6 is 11.6 Å². The number of piperazine rings is 1. The summed E-state index contributed by atoms with van der Waals surface area (Å²) in [7, 11) is 0. The van der Waals surface area contributed by atoms with E-state index in [1.807, 2.05) is 30.3 Å². The van der Waals surface area contributed by atoms with Crippen molar-refractivity contribution in [2.45, 2.75) is 18.9 Å². The Balaban J connectivity index is 1.09. The molecule has 0 aliphatic carbocycles. The second kappa shape index (κ2) is 9.72. The maximum Gasteiger partial charge on any atom is 0.267 e. The molecule has 0 saturated carbocycles. The minimum absolute atomic E-state index is 0.00970. The summed E-state index contributed by atoms with van der Waals surface area (Å²) < 4.78 is 16.8. The van der Waals surface area contributed by atoms with Gasteiger partial charge in [-0.1, -0.05) is 28.9 Å². The van der Waals surface area contributed by atoms with Crippen molar-refractivity contribution in [2.75, 3.05) is 32.8 Å². The maximum absolute atomic E-state index is 12.9. The fourth-order valence-electron chi connectivity index (χ4n) is 3.97. The van der Waals surface area contributed by atoms with Crippen molar-refractivity contribution in [3.63, 3.8) is 0 Å². The van der Waals surface area contributed by atoms with Crippen LogP contribution in [0.25, 0.3) is 11.4 Å². The highest BCUT2D eigenvalue weighted by atomic mass is 35.5. The van der Waals surface area contributed by atoms with E-state index in [9.17, 15) is 9.59 Å². The topological polar surface area (TPSA) is 98.0 Å². The van der Waals surface area contributed by atoms with Gasteiger partial charge in [0.1, 0.15) is 6.61 Å². The molecular formula is C24H23ClN4O5. The zero-order valence-electron chi connectivity index (χ0n) is 18.4. The number of fused-ring (bicyclic) bond motifs is 1. The van der Waals surface area contributed by atoms with Gasteiger partial charge < -0.3 is 23.8 Å². The number of benzene rings is 2. The number of hydrogen-bond acceptors (Lipinski definition) is 7. The number of aromatic nitrogens is 2. The molecule has 2 aliphatic rings. The van der Waals surface area contributed by atoms with Crippen LogP contribution in [0.15, 0.2) is 53.1 Å². The lowest BCUT2D eigenvalue weighted by Gasteiger charge is -2.37. The lowest BCUT2D eigenvalue weighted by Crippen LogP contribution is -2.55. The van der Waals surface area contributed by atoms with Crippen LogP contribution in [-0.2, 0) is 16.0 Å². The van der Waals surface area contributed by atoms with Crippen LogP contribution in [0.1, 0.15) is 12.3 Å². The number of aryl methyl sites for hydroxylation is 1. The van der Waals surface area contributed by atoms with Crippen LogP contribution in [0.2, 0.25) is 5.02 Å². The van der Waals surface area contributed by atoms with Gasteiger partial charge in [0, 0.05) is 49.6 Å². The summed E-state index contributed by atoms with van der Waals surface area (Å²) in [6, 6.07) is 14.4. The van der Waals surface area contributed by atoms with E-state index in [-0.39, 0.29) is 24.8 Å². The highest BCUT2D eigenvalue weighted by Crippen LogP contribution is 2.31. The molecule has 3 aromatic rings. The summed E-state index contributed by atoms with van der Waals surface area (Å²) in [4.78, 5) is 33.4. The molecule has 2 aromatic carbocycles. The molecule has 1 saturated heterocycles. The second-order valence-corrected chi connectivity index (χ2v) is 8.53. The third kappa shape index (κ3) is 4.84. The third-order valence-electron chi connectivity index (χ3n) is 5.85. The Labute approximate surface area is 201 Å². The fourth-order valence-corrected chi connectivity index (χ4v) is 4.09. The van der Waals surface area contributed by atoms with Crippen LogP contribution in [0, 0.1) is 0 Å². The molecule has 2 aliphatic heterocycles. The van der Waals surface area contributed by atoms with E-state index in [4.69, 9.17) is 25.6 Å². The van der Waals surface area contributed by atoms with E-state index in [1.54, 1.807) is 28.0 Å². The lowest BCUT2D eigenvalue weighted by atomic mass is 10.2. The van der Waals surface area contributed by atoms with Gasteiger partial charge in [-0.2, -0.15) is 4.98 Å². The number of para-hydroxylation sites is 2. The molecule has 2 amide bonds. The number of nitrogens with zero attached hydrogens (tertiary/aromatic N) is 4. The minimum Gasteiger partial charge on any atom is -0.485 e. The molecule has 1 fully saturated rings. The number of rotatable bonds is 5. The molecule has 0 bridgehead atoms. The standard InChI is InChI=1S/C24H23ClN4O5/c25-17-7-5-16(6-8-17)23-26-21(34-27-23)9-10-22(30)28-11-13-29(14-12-28)24(31)20-15-32-18-3-1-2-4-19(18)33-20/h1-8,20H,9-15H2/t20-/m0/s1. The van der Waals surface area contributed by atoms with Gasteiger partial charge in [-0.05, 0) is 36.4 Å². The molecule has 34 heavy (non-hydrogen) atoms. The van der Waals surface area contributed by atoms with Crippen molar-refractivity contribution < 1.29 is 23.6 Å². The fraction of sp³-hybridized carbons (Fsp3) is 0.333. The summed E-state index contributed by atoms with van der Waals surface area (Å²) >= 11 is 5.91. The van der Waals surface area contributed by atoms with E-state index in [0.717, 1.165) is 5.56 Å². The lowest BCUT2D eigenvalue weighted by molar-refractivity contribution is -0.146. The van der Waals surface area contributed by atoms with Gasteiger partial charge in [-0.15, -0.1) is 0 Å². The van der Waals surface area contributed by atoms with E-state index in [2.05, 4.69) is 10.1 Å². The van der Waals surface area contributed by atoms with E-state index in [1.165, 1.54) is 0 Å². The van der Waals surface area contributed by atoms with Gasteiger partial charge >= 0.3 is 0 Å². The van der Waals surface area contributed by atoms with Crippen LogP contribution in [-0.4, -0.2) is 70.6 Å². The zero-order valence-corrected chi connectivity index (χ0v) is 19.1. The summed E-state index contributed by atoms with van der Waals surface area (Å²) in [5.41, 5.74) is 0.794. The highest BCUT2D eigenvalue weighted by molar-refractivity contribution is 6.30. The van der Waals surface area contributed by atoms with Crippen LogP contribution in [0.3, 0.4) is 0 Å². The minimum atomic E-state index is -0.676. The Hall–Kier alpha value is -3.59. The monoisotopic (exact) mass is 482 g/mol. The number of hydrogen-bond donors (Lipinski definition) is 0. The Morgan fingerprint density at radius 1 is 0.971 bits per heavy atom. The molecule has 0 radical (unpaired) electrons. The quantitative estimate of drug-likeness (QED) is 0.551. The molecule has 176 valence electrons. The molecule has 0 unspecified atom stereocenters. The summed E-state index contributed by atoms with van der Waals surface area (Å²) in [6.07, 6.45) is -0.0675. The van der Waals surface area contributed by atoms with Crippen molar-refractivity contribution in [1.82, 2.24) is 19.9 Å². The summed E-state index contributed by atoms with van der Waals surface area (Å²) in [6.45, 7) is 2.01. The van der Waals surface area contributed by atoms with Gasteiger partial charge in [-0.3, -0.25) is 9.59 Å². The zero-order chi connectivity index (χ0) is 23.5. The SMILES string of the molecule is O=C(CCc1nc(-c2ccc(Cl)cc2)no1)N1CCN(C(=O)[C@@H]2COc3ccccc3O2)CC1. The first-order valence-corrected chi connectivity index (χ1v) is 11.5. The number of halogens is 1. The Morgan fingerprint density at radius 2 is 1.68 bits per heavy atom. The highest BCUT2D eigenvalue weighted by Gasteiger charge is 2.33. The average Bonchev–Trinajstić information content (AvgIpc) is 3.36. The largest absolute Gasteiger partial charge is 0.485 e. The number of carbonyl (C=O) groups is 2. The predicted molar refractivity (Wildman–Crippen MR) is 123 cm³/mol. The molecule has 10 heteroatoms. The van der Waals surface area contributed by atoms with Gasteiger partial charge in [-0.25, -0.2) is 0 Å². The molecular weight excluding hydrogens is 460 g/mol. The van der Waals surface area contributed by atoms with Crippen LogP contribution in [0.5, 0.6) is 11.5 Å². The summed E-state index contributed by atoms with van der Waals surface area (Å²) in [5.74, 6) is 1.95. The number of carbonyl (C=O) groups excluding carboxylic acids is 2. The van der Waals surface area contributed by atoms with Crippen molar-refractivity contribution >= 4 is 23.4 Å². The molecule has 1 atom stereocenters. The van der Waals surface area contributed by atoms with Gasteiger partial charge in [0.2, 0.25) is 23.7 Å². The van der Waals surface area contributed by atoms with Crippen molar-refractivity contribution in [1.29, 1.82) is 0 Å². The molecule has 0 N–H and O–H groups in total. The maximum atomic E-state index is 12.9. The Bertz CT molecular complexity index is 1170. The number of amides is 2. The Kier molecular flexibility index (Phi) is 6.35. The summed E-state index contributed by atoms with van der Waals surface area (Å²) in [5, 5.41) is 4.60. The first-order valence-electron chi connectivity index (χ1n) is 11.1. The molecule has 1 aromatic heterocycles. The van der Waals surface area contributed by atoms with Crippen molar-refractivity contribution in [3.8, 4) is 22.9 Å². The van der Waals surface area contributed by atoms with Crippen LogP contribution < -0.4 is 9.47 Å². The Morgan fingerprint density at radius 3 is 2.44 bits per heavy atom. The molecule has 0 spiro atoms. The smallest absolute Gasteiger partial charge is 0.267 e. The van der Waals surface area contributed by atoms with E-state index in [0.29, 0.717) is 60.8 Å². The normalized spacial score (nSPS) is 17.5. The van der Waals surface area contributed by atoms with Crippen molar-refractivity contribution in [2.24, 2.45) is 0 Å². The van der Waals surface area contributed by atoms with Gasteiger partial charge in [0.05, 0.1) is 0 Å². The first kappa shape index (κ1) is 22.2. The second-order valence-electron chi connectivity index (χ2n) is 8.09.